The summed E-state index contributed by atoms with van der Waals surface area (Å²) in [5.41, 5.74) is 8.35. The van der Waals surface area contributed by atoms with E-state index in [4.69, 9.17) is 8.83 Å². The molecule has 1 aliphatic rings. The molecule has 42 heavy (non-hydrogen) atoms. The maximum atomic E-state index is 13.3. The molecule has 0 radical (unpaired) electrons. The first-order valence-electron chi connectivity index (χ1n) is 14.4. The normalized spacial score (nSPS) is 13.3. The van der Waals surface area contributed by atoms with Crippen molar-refractivity contribution >= 4 is 27.6 Å². The van der Waals surface area contributed by atoms with Gasteiger partial charge in [0.05, 0.1) is 11.1 Å². The second-order valence-corrected chi connectivity index (χ2v) is 11.5. The van der Waals surface area contributed by atoms with Gasteiger partial charge in [-0.15, -0.1) is 0 Å². The molecule has 208 valence electrons. The van der Waals surface area contributed by atoms with Crippen LogP contribution in [0.4, 0.5) is 5.69 Å². The zero-order chi connectivity index (χ0) is 29.2. The first kappa shape index (κ1) is 26.0. The molecule has 0 unspecified atom stereocenters. The number of rotatable bonds is 5. The molecule has 0 amide bonds. The molecule has 7 rings (SSSR count). The van der Waals surface area contributed by atoms with Crippen molar-refractivity contribution in [1.82, 2.24) is 0 Å². The van der Waals surface area contributed by atoms with Crippen LogP contribution in [0, 0.1) is 0 Å². The van der Waals surface area contributed by atoms with Crippen molar-refractivity contribution < 1.29 is 8.83 Å². The van der Waals surface area contributed by atoms with Gasteiger partial charge in [0.1, 0.15) is 11.2 Å². The van der Waals surface area contributed by atoms with Gasteiger partial charge in [0.15, 0.2) is 0 Å². The first-order chi connectivity index (χ1) is 20.3. The summed E-state index contributed by atoms with van der Waals surface area (Å²) in [4.78, 5) is 28.5. The van der Waals surface area contributed by atoms with Crippen molar-refractivity contribution in [2.75, 3.05) is 18.0 Å². The average Bonchev–Trinajstić information content (AvgIpc) is 3.22. The van der Waals surface area contributed by atoms with Crippen molar-refractivity contribution in [1.29, 1.82) is 0 Å². The van der Waals surface area contributed by atoms with Crippen LogP contribution in [-0.2, 0) is 5.41 Å². The highest BCUT2D eigenvalue weighted by Gasteiger charge is 2.36. The summed E-state index contributed by atoms with van der Waals surface area (Å²) in [5.74, 6) is 0. The molecular formula is C37H31NO4. The van der Waals surface area contributed by atoms with Crippen LogP contribution in [0.1, 0.15) is 38.8 Å². The number of fused-ring (bicyclic) bond motifs is 5. The fourth-order valence-electron chi connectivity index (χ4n) is 6.45. The highest BCUT2D eigenvalue weighted by Crippen LogP contribution is 2.50. The Bertz CT molecular complexity index is 2150. The summed E-state index contributed by atoms with van der Waals surface area (Å²) in [6.45, 7) is 10.4. The Morgan fingerprint density at radius 3 is 1.74 bits per heavy atom. The fourth-order valence-corrected chi connectivity index (χ4v) is 6.45. The molecule has 2 heterocycles. The predicted molar refractivity (Wildman–Crippen MR) is 171 cm³/mol. The molecule has 0 atom stereocenters. The zero-order valence-corrected chi connectivity index (χ0v) is 24.2. The van der Waals surface area contributed by atoms with Gasteiger partial charge in [0.2, 0.25) is 0 Å². The monoisotopic (exact) mass is 553 g/mol. The van der Waals surface area contributed by atoms with Crippen LogP contribution in [0.3, 0.4) is 0 Å². The summed E-state index contributed by atoms with van der Waals surface area (Å²) in [5, 5.41) is 1.76. The molecule has 0 bridgehead atoms. The van der Waals surface area contributed by atoms with Gasteiger partial charge in [0, 0.05) is 41.0 Å². The number of anilines is 1. The van der Waals surface area contributed by atoms with Gasteiger partial charge >= 0.3 is 11.3 Å². The van der Waals surface area contributed by atoms with E-state index in [2.05, 4.69) is 62.9 Å². The molecule has 0 spiro atoms. The molecule has 0 saturated heterocycles. The van der Waals surface area contributed by atoms with Crippen LogP contribution in [0.2, 0.25) is 0 Å². The van der Waals surface area contributed by atoms with Crippen molar-refractivity contribution in [3.63, 3.8) is 0 Å². The summed E-state index contributed by atoms with van der Waals surface area (Å²) < 4.78 is 11.5. The standard InChI is InChI=1S/C37H31NO4/c1-5-38(6-2)26-14-11-25-20-28(36(40)42-34(25)21-26)23-13-16-32-30(18-23)29-17-22(12-15-31(29)37(32,3)4)27-19-24-9-7-8-10-33(24)41-35(27)39/h7-21H,5-6H2,1-4H3. The van der Waals surface area contributed by atoms with Crippen LogP contribution < -0.4 is 16.2 Å². The highest BCUT2D eigenvalue weighted by molar-refractivity contribution is 5.90. The lowest BCUT2D eigenvalue weighted by Gasteiger charge is -2.21. The molecule has 0 fully saturated rings. The largest absolute Gasteiger partial charge is 0.422 e. The summed E-state index contributed by atoms with van der Waals surface area (Å²) >= 11 is 0. The van der Waals surface area contributed by atoms with E-state index in [1.165, 1.54) is 11.1 Å². The minimum atomic E-state index is -0.363. The molecule has 0 aliphatic heterocycles. The first-order valence-corrected chi connectivity index (χ1v) is 14.4. The molecule has 4 aromatic carbocycles. The van der Waals surface area contributed by atoms with E-state index in [1.807, 2.05) is 54.6 Å². The fraction of sp³-hybridized carbons (Fsp3) is 0.189. The maximum absolute atomic E-state index is 13.3. The van der Waals surface area contributed by atoms with Crippen LogP contribution in [0.15, 0.2) is 109 Å². The third-order valence-corrected chi connectivity index (χ3v) is 8.79. The van der Waals surface area contributed by atoms with E-state index in [0.717, 1.165) is 51.8 Å². The molecule has 5 nitrogen and oxygen atoms in total. The van der Waals surface area contributed by atoms with Crippen LogP contribution in [0.5, 0.6) is 0 Å². The van der Waals surface area contributed by atoms with Crippen molar-refractivity contribution in [3.8, 4) is 33.4 Å². The summed E-state index contributed by atoms with van der Waals surface area (Å²) in [7, 11) is 0. The molecule has 1 aliphatic carbocycles. The third-order valence-electron chi connectivity index (χ3n) is 8.79. The molecule has 2 aromatic heterocycles. The highest BCUT2D eigenvalue weighted by atomic mass is 16.4. The Labute approximate surface area is 243 Å². The lowest BCUT2D eigenvalue weighted by Crippen LogP contribution is -2.21. The van der Waals surface area contributed by atoms with Crippen molar-refractivity contribution in [2.24, 2.45) is 0 Å². The topological polar surface area (TPSA) is 63.7 Å². The smallest absolute Gasteiger partial charge is 0.344 e. The van der Waals surface area contributed by atoms with E-state index in [0.29, 0.717) is 22.3 Å². The van der Waals surface area contributed by atoms with Gasteiger partial charge in [-0.3, -0.25) is 0 Å². The van der Waals surface area contributed by atoms with Crippen molar-refractivity contribution in [2.45, 2.75) is 33.1 Å². The summed E-state index contributed by atoms with van der Waals surface area (Å²) in [6.07, 6.45) is 0. The lowest BCUT2D eigenvalue weighted by molar-refractivity contribution is 0.563. The minimum Gasteiger partial charge on any atom is -0.422 e. The third kappa shape index (κ3) is 3.99. The van der Waals surface area contributed by atoms with Gasteiger partial charge in [-0.25, -0.2) is 9.59 Å². The molecular weight excluding hydrogens is 522 g/mol. The molecule has 6 aromatic rings. The Morgan fingerprint density at radius 2 is 1.14 bits per heavy atom. The number of para-hydroxylation sites is 1. The van der Waals surface area contributed by atoms with Gasteiger partial charge < -0.3 is 13.7 Å². The second-order valence-electron chi connectivity index (χ2n) is 11.5. The van der Waals surface area contributed by atoms with E-state index in [-0.39, 0.29) is 16.7 Å². The number of hydrogen-bond donors (Lipinski definition) is 0. The predicted octanol–water partition coefficient (Wildman–Crippen LogP) is 8.39. The van der Waals surface area contributed by atoms with Crippen LogP contribution in [-0.4, -0.2) is 13.1 Å². The Balaban J connectivity index is 1.35. The Morgan fingerprint density at radius 1 is 0.595 bits per heavy atom. The minimum absolute atomic E-state index is 0.231. The summed E-state index contributed by atoms with van der Waals surface area (Å²) in [6, 6.07) is 29.8. The number of nitrogens with zero attached hydrogens (tertiary/aromatic N) is 1. The Hall–Kier alpha value is -4.90. The van der Waals surface area contributed by atoms with E-state index in [9.17, 15) is 9.59 Å². The zero-order valence-electron chi connectivity index (χ0n) is 24.2. The molecule has 5 heteroatoms. The number of hydrogen-bond acceptors (Lipinski definition) is 5. The Kier molecular flexibility index (Phi) is 5.94. The van der Waals surface area contributed by atoms with E-state index >= 15 is 0 Å². The molecule has 0 N–H and O–H groups in total. The second kappa shape index (κ2) is 9.59. The van der Waals surface area contributed by atoms with Crippen molar-refractivity contribution in [3.05, 3.63) is 123 Å². The molecule has 0 saturated carbocycles. The van der Waals surface area contributed by atoms with Crippen LogP contribution >= 0.6 is 0 Å². The average molecular weight is 554 g/mol. The maximum Gasteiger partial charge on any atom is 0.344 e. The lowest BCUT2D eigenvalue weighted by atomic mass is 9.82. The van der Waals surface area contributed by atoms with E-state index < -0.39 is 0 Å². The number of benzene rings is 4. The SMILES string of the molecule is CCN(CC)c1ccc2cc(-c3ccc4c(c3)-c3cc(-c5cc6ccccc6oc5=O)ccc3C4(C)C)c(=O)oc2c1. The quantitative estimate of drug-likeness (QED) is 0.201. The van der Waals surface area contributed by atoms with Crippen LogP contribution in [0.25, 0.3) is 55.3 Å². The van der Waals surface area contributed by atoms with Gasteiger partial charge in [-0.2, -0.15) is 0 Å². The van der Waals surface area contributed by atoms with Gasteiger partial charge in [0.25, 0.3) is 0 Å². The van der Waals surface area contributed by atoms with Gasteiger partial charge in [-0.1, -0.05) is 56.3 Å². The van der Waals surface area contributed by atoms with Gasteiger partial charge in [-0.05, 0) is 89.7 Å². The van der Waals surface area contributed by atoms with E-state index in [1.54, 1.807) is 6.07 Å².